The van der Waals surface area contributed by atoms with Gasteiger partial charge in [0.1, 0.15) is 13.2 Å². The third-order valence-electron chi connectivity index (χ3n) is 3.80. The number of amides is 1. The fraction of sp³-hybridized carbons (Fsp3) is 0.533. The summed E-state index contributed by atoms with van der Waals surface area (Å²) < 4.78 is 11.1. The van der Waals surface area contributed by atoms with Crippen molar-refractivity contribution in [2.24, 2.45) is 0 Å². The molecule has 0 aliphatic carbocycles. The van der Waals surface area contributed by atoms with E-state index in [4.69, 9.17) is 21.1 Å². The molecule has 0 radical (unpaired) electrons. The number of fused-ring (bicyclic) bond motifs is 1. The lowest BCUT2D eigenvalue weighted by Crippen LogP contribution is -2.49. The van der Waals surface area contributed by atoms with Crippen LogP contribution in [0.1, 0.15) is 37.0 Å². The molecule has 1 aliphatic heterocycles. The number of carbonyl (C=O) groups excluding carboxylic acids is 1. The maximum atomic E-state index is 12.5. The molecule has 1 heterocycles. The largest absolute Gasteiger partial charge is 0.486 e. The maximum Gasteiger partial charge on any atom is 0.255 e. The normalized spacial score (nSPS) is 13.9. The van der Waals surface area contributed by atoms with Gasteiger partial charge in [0.25, 0.3) is 5.91 Å². The Bertz CT molecular complexity index is 478. The Hall–Kier alpha value is -1.42. The predicted molar refractivity (Wildman–Crippen MR) is 78.9 cm³/mol. The zero-order valence-electron chi connectivity index (χ0n) is 11.9. The Balaban J connectivity index is 2.25. The van der Waals surface area contributed by atoms with Crippen molar-refractivity contribution in [1.29, 1.82) is 0 Å². The molecule has 1 amide bonds. The summed E-state index contributed by atoms with van der Waals surface area (Å²) in [4.78, 5) is 12.5. The molecule has 0 bridgehead atoms. The molecule has 5 heteroatoms. The molecule has 1 aliphatic rings. The van der Waals surface area contributed by atoms with E-state index in [1.54, 1.807) is 18.2 Å². The van der Waals surface area contributed by atoms with Crippen LogP contribution >= 0.6 is 11.6 Å². The summed E-state index contributed by atoms with van der Waals surface area (Å²) in [5.74, 6) is 1.36. The zero-order valence-corrected chi connectivity index (χ0v) is 12.6. The van der Waals surface area contributed by atoms with E-state index in [9.17, 15) is 4.79 Å². The number of rotatable bonds is 5. The van der Waals surface area contributed by atoms with E-state index in [0.29, 0.717) is 36.2 Å². The van der Waals surface area contributed by atoms with Crippen molar-refractivity contribution in [3.63, 3.8) is 0 Å². The lowest BCUT2D eigenvalue weighted by molar-refractivity contribution is 0.0891. The van der Waals surface area contributed by atoms with Crippen LogP contribution in [0.25, 0.3) is 0 Å². The average Bonchev–Trinajstić information content (AvgIpc) is 2.52. The lowest BCUT2D eigenvalue weighted by Gasteiger charge is -2.31. The number of hydrogen-bond donors (Lipinski definition) is 1. The van der Waals surface area contributed by atoms with Crippen LogP contribution in [0, 0.1) is 0 Å². The van der Waals surface area contributed by atoms with Crippen LogP contribution in [-0.2, 0) is 0 Å². The molecule has 0 saturated carbocycles. The van der Waals surface area contributed by atoms with Crippen LogP contribution in [0.2, 0.25) is 0 Å². The number of alkyl halides is 1. The molecule has 110 valence electrons. The minimum atomic E-state index is -0.378. The van der Waals surface area contributed by atoms with Crippen molar-refractivity contribution in [2.75, 3.05) is 19.1 Å². The van der Waals surface area contributed by atoms with Gasteiger partial charge in [0, 0.05) is 5.88 Å². The summed E-state index contributed by atoms with van der Waals surface area (Å²) in [7, 11) is 0. The summed E-state index contributed by atoms with van der Waals surface area (Å²) in [5.41, 5.74) is 0.121. The standard InChI is InChI=1S/C15H20ClNO3/c1-3-15(4-2,10-16)17-14(18)11-6-5-7-12-13(11)20-9-8-19-12/h5-7H,3-4,8-10H2,1-2H3,(H,17,18). The average molecular weight is 298 g/mol. The van der Waals surface area contributed by atoms with Crippen molar-refractivity contribution >= 4 is 17.5 Å². The number of benzene rings is 1. The van der Waals surface area contributed by atoms with E-state index >= 15 is 0 Å². The summed E-state index contributed by atoms with van der Waals surface area (Å²) >= 11 is 6.03. The molecule has 0 aromatic heterocycles. The summed E-state index contributed by atoms with van der Waals surface area (Å²) in [6, 6.07) is 5.34. The number of para-hydroxylation sites is 1. The van der Waals surface area contributed by atoms with E-state index in [1.807, 2.05) is 13.8 Å². The first-order chi connectivity index (χ1) is 9.65. The summed E-state index contributed by atoms with van der Waals surface area (Å²) in [6.45, 7) is 5.01. The molecule has 1 N–H and O–H groups in total. The first kappa shape index (κ1) is 15.0. The van der Waals surface area contributed by atoms with Gasteiger partial charge in [0.15, 0.2) is 11.5 Å². The first-order valence-corrected chi connectivity index (χ1v) is 7.46. The van der Waals surface area contributed by atoms with Gasteiger partial charge in [0.05, 0.1) is 11.1 Å². The fourth-order valence-electron chi connectivity index (χ4n) is 2.21. The van der Waals surface area contributed by atoms with Crippen LogP contribution in [0.4, 0.5) is 0 Å². The van der Waals surface area contributed by atoms with Gasteiger partial charge in [-0.05, 0) is 25.0 Å². The lowest BCUT2D eigenvalue weighted by atomic mass is 9.94. The Morgan fingerprint density at radius 2 is 2.00 bits per heavy atom. The highest BCUT2D eigenvalue weighted by atomic mass is 35.5. The van der Waals surface area contributed by atoms with E-state index < -0.39 is 0 Å². The van der Waals surface area contributed by atoms with Gasteiger partial charge in [-0.15, -0.1) is 11.6 Å². The Morgan fingerprint density at radius 1 is 1.30 bits per heavy atom. The van der Waals surface area contributed by atoms with Crippen LogP contribution in [-0.4, -0.2) is 30.5 Å². The molecule has 20 heavy (non-hydrogen) atoms. The van der Waals surface area contributed by atoms with Gasteiger partial charge < -0.3 is 14.8 Å². The minimum absolute atomic E-state index is 0.170. The second kappa shape index (κ2) is 6.35. The third kappa shape index (κ3) is 2.85. The van der Waals surface area contributed by atoms with Gasteiger partial charge in [0.2, 0.25) is 0 Å². The zero-order chi connectivity index (χ0) is 14.6. The second-order valence-electron chi connectivity index (χ2n) is 4.90. The Morgan fingerprint density at radius 3 is 2.65 bits per heavy atom. The minimum Gasteiger partial charge on any atom is -0.486 e. The highest BCUT2D eigenvalue weighted by Crippen LogP contribution is 2.34. The van der Waals surface area contributed by atoms with Crippen LogP contribution in [0.5, 0.6) is 11.5 Å². The second-order valence-corrected chi connectivity index (χ2v) is 5.17. The Labute approximate surface area is 124 Å². The molecule has 0 spiro atoms. The molecule has 0 fully saturated rings. The summed E-state index contributed by atoms with van der Waals surface area (Å²) in [6.07, 6.45) is 1.57. The first-order valence-electron chi connectivity index (χ1n) is 6.93. The molecule has 0 saturated heterocycles. The number of carbonyl (C=O) groups is 1. The Kier molecular flexibility index (Phi) is 4.76. The molecule has 0 atom stereocenters. The van der Waals surface area contributed by atoms with Gasteiger partial charge in [-0.1, -0.05) is 19.9 Å². The number of nitrogens with one attached hydrogen (secondary N) is 1. The maximum absolute atomic E-state index is 12.5. The molecular formula is C15H20ClNO3. The molecule has 1 aromatic rings. The number of ether oxygens (including phenoxy) is 2. The number of halogens is 1. The SMILES string of the molecule is CCC(CC)(CCl)NC(=O)c1cccc2c1OCCO2. The highest BCUT2D eigenvalue weighted by Gasteiger charge is 2.29. The molecule has 4 nitrogen and oxygen atoms in total. The fourth-order valence-corrected chi connectivity index (χ4v) is 2.65. The monoisotopic (exact) mass is 297 g/mol. The van der Waals surface area contributed by atoms with Crippen molar-refractivity contribution in [3.8, 4) is 11.5 Å². The van der Waals surface area contributed by atoms with Crippen molar-refractivity contribution in [3.05, 3.63) is 23.8 Å². The molecular weight excluding hydrogens is 278 g/mol. The van der Waals surface area contributed by atoms with E-state index in [2.05, 4.69) is 5.32 Å². The van der Waals surface area contributed by atoms with E-state index in [-0.39, 0.29) is 11.4 Å². The van der Waals surface area contributed by atoms with Crippen LogP contribution in [0.3, 0.4) is 0 Å². The van der Waals surface area contributed by atoms with Gasteiger partial charge in [-0.25, -0.2) is 0 Å². The third-order valence-corrected chi connectivity index (χ3v) is 4.31. The molecule has 0 unspecified atom stereocenters. The van der Waals surface area contributed by atoms with E-state index in [0.717, 1.165) is 12.8 Å². The smallest absolute Gasteiger partial charge is 0.255 e. The van der Waals surface area contributed by atoms with Crippen molar-refractivity contribution in [2.45, 2.75) is 32.2 Å². The quantitative estimate of drug-likeness (QED) is 0.850. The van der Waals surface area contributed by atoms with Crippen LogP contribution < -0.4 is 14.8 Å². The van der Waals surface area contributed by atoms with Gasteiger partial charge in [-0.3, -0.25) is 4.79 Å². The molecule has 2 rings (SSSR count). The van der Waals surface area contributed by atoms with Crippen molar-refractivity contribution < 1.29 is 14.3 Å². The van der Waals surface area contributed by atoms with Gasteiger partial charge in [-0.2, -0.15) is 0 Å². The topological polar surface area (TPSA) is 47.6 Å². The summed E-state index contributed by atoms with van der Waals surface area (Å²) in [5, 5.41) is 3.04. The van der Waals surface area contributed by atoms with E-state index in [1.165, 1.54) is 0 Å². The van der Waals surface area contributed by atoms with Gasteiger partial charge >= 0.3 is 0 Å². The number of hydrogen-bond acceptors (Lipinski definition) is 3. The molecule has 1 aromatic carbocycles. The van der Waals surface area contributed by atoms with Crippen molar-refractivity contribution in [1.82, 2.24) is 5.32 Å². The van der Waals surface area contributed by atoms with Crippen LogP contribution in [0.15, 0.2) is 18.2 Å². The predicted octanol–water partition coefficient (Wildman–Crippen LogP) is 2.99. The highest BCUT2D eigenvalue weighted by molar-refractivity contribution is 6.19.